The fraction of sp³-hybridized carbons (Fsp3) is 0.188. The molecular weight excluding hydrogens is 284 g/mol. The second kappa shape index (κ2) is 4.63. The van der Waals surface area contributed by atoms with Crippen LogP contribution in [-0.2, 0) is 12.8 Å². The highest BCUT2D eigenvalue weighted by atomic mass is 32.1. The molecule has 1 aliphatic rings. The first-order chi connectivity index (χ1) is 10.3. The van der Waals surface area contributed by atoms with Crippen LogP contribution in [-0.4, -0.2) is 15.9 Å². The zero-order valence-corrected chi connectivity index (χ0v) is 12.2. The summed E-state index contributed by atoms with van der Waals surface area (Å²) in [7, 11) is 0. The largest absolute Gasteiger partial charge is 0.333 e. The number of rotatable bonds is 2. The molecule has 0 spiro atoms. The van der Waals surface area contributed by atoms with Gasteiger partial charge in [0, 0.05) is 28.8 Å². The van der Waals surface area contributed by atoms with Crippen molar-refractivity contribution >= 4 is 17.1 Å². The Balaban J connectivity index is 1.79. The standard InChI is InChI=1S/C16H12N2O2S/c1-2-14-17-16(20-18-14)13-8-11-12(21-13)7-9-5-3-4-6-10(9)15(11)19/h3-6,8H,2,7H2,1H3. The molecule has 2 aromatic heterocycles. The van der Waals surface area contributed by atoms with Gasteiger partial charge in [-0.2, -0.15) is 4.98 Å². The molecule has 3 aromatic rings. The molecule has 4 nitrogen and oxygen atoms in total. The Bertz CT molecular complexity index is 848. The number of carbonyl (C=O) groups excluding carboxylic acids is 1. The lowest BCUT2D eigenvalue weighted by Gasteiger charge is -2.14. The topological polar surface area (TPSA) is 56.0 Å². The third kappa shape index (κ3) is 1.93. The first-order valence-electron chi connectivity index (χ1n) is 6.84. The van der Waals surface area contributed by atoms with Crippen molar-refractivity contribution in [1.82, 2.24) is 10.1 Å². The van der Waals surface area contributed by atoms with Crippen molar-refractivity contribution in [2.45, 2.75) is 19.8 Å². The summed E-state index contributed by atoms with van der Waals surface area (Å²) in [6.45, 7) is 1.98. The lowest BCUT2D eigenvalue weighted by molar-refractivity contribution is 0.103. The first kappa shape index (κ1) is 12.5. The summed E-state index contributed by atoms with van der Waals surface area (Å²) in [5.74, 6) is 1.28. The van der Waals surface area contributed by atoms with Gasteiger partial charge in [0.2, 0.25) is 0 Å². The minimum Gasteiger partial charge on any atom is -0.333 e. The smallest absolute Gasteiger partial charge is 0.268 e. The van der Waals surface area contributed by atoms with Gasteiger partial charge in [-0.3, -0.25) is 4.79 Å². The third-order valence-corrected chi connectivity index (χ3v) is 4.78. The molecule has 5 heteroatoms. The molecule has 0 unspecified atom stereocenters. The molecule has 0 radical (unpaired) electrons. The van der Waals surface area contributed by atoms with Crippen molar-refractivity contribution in [1.29, 1.82) is 0 Å². The van der Waals surface area contributed by atoms with Crippen molar-refractivity contribution in [3.63, 3.8) is 0 Å². The average molecular weight is 296 g/mol. The second-order valence-electron chi connectivity index (χ2n) is 4.98. The Morgan fingerprint density at radius 3 is 2.95 bits per heavy atom. The summed E-state index contributed by atoms with van der Waals surface area (Å²) >= 11 is 1.56. The number of aromatic nitrogens is 2. The van der Waals surface area contributed by atoms with Crippen LogP contribution in [0.25, 0.3) is 10.8 Å². The van der Waals surface area contributed by atoms with Crippen LogP contribution in [0.4, 0.5) is 0 Å². The van der Waals surface area contributed by atoms with Crippen molar-refractivity contribution < 1.29 is 9.32 Å². The maximum Gasteiger partial charge on any atom is 0.268 e. The van der Waals surface area contributed by atoms with Gasteiger partial charge in [-0.15, -0.1) is 11.3 Å². The predicted octanol–water partition coefficient (Wildman–Crippen LogP) is 3.50. The van der Waals surface area contributed by atoms with Crippen LogP contribution in [0.15, 0.2) is 34.9 Å². The zero-order chi connectivity index (χ0) is 14.4. The summed E-state index contributed by atoms with van der Waals surface area (Å²) in [5.41, 5.74) is 2.65. The van der Waals surface area contributed by atoms with E-state index >= 15 is 0 Å². The predicted molar refractivity (Wildman–Crippen MR) is 79.7 cm³/mol. The highest BCUT2D eigenvalue weighted by molar-refractivity contribution is 7.15. The zero-order valence-electron chi connectivity index (χ0n) is 11.4. The minimum atomic E-state index is 0.0876. The van der Waals surface area contributed by atoms with Gasteiger partial charge in [-0.05, 0) is 11.6 Å². The molecule has 0 aliphatic heterocycles. The molecule has 0 amide bonds. The van der Waals surface area contributed by atoms with Crippen molar-refractivity contribution in [3.8, 4) is 10.8 Å². The van der Waals surface area contributed by atoms with Crippen LogP contribution in [0.1, 0.15) is 39.1 Å². The van der Waals surface area contributed by atoms with Gasteiger partial charge < -0.3 is 4.52 Å². The number of hydrogen-bond acceptors (Lipinski definition) is 5. The third-order valence-electron chi connectivity index (χ3n) is 3.66. The summed E-state index contributed by atoms with van der Waals surface area (Å²) in [5, 5.41) is 3.91. The maximum absolute atomic E-state index is 12.6. The van der Waals surface area contributed by atoms with Gasteiger partial charge in [-0.25, -0.2) is 0 Å². The second-order valence-corrected chi connectivity index (χ2v) is 6.12. The molecule has 0 N–H and O–H groups in total. The molecule has 0 bridgehead atoms. The molecule has 1 aliphatic carbocycles. The number of aryl methyl sites for hydroxylation is 1. The van der Waals surface area contributed by atoms with E-state index in [4.69, 9.17) is 4.52 Å². The van der Waals surface area contributed by atoms with Crippen molar-refractivity contribution in [2.24, 2.45) is 0 Å². The summed E-state index contributed by atoms with van der Waals surface area (Å²) in [6, 6.07) is 9.65. The Hall–Kier alpha value is -2.27. The molecule has 2 heterocycles. The Morgan fingerprint density at radius 2 is 2.14 bits per heavy atom. The van der Waals surface area contributed by atoms with Gasteiger partial charge in [0.1, 0.15) is 0 Å². The lowest BCUT2D eigenvalue weighted by Crippen LogP contribution is -2.12. The van der Waals surface area contributed by atoms with E-state index in [0.29, 0.717) is 11.7 Å². The van der Waals surface area contributed by atoms with Crippen LogP contribution in [0.3, 0.4) is 0 Å². The molecule has 21 heavy (non-hydrogen) atoms. The van der Waals surface area contributed by atoms with E-state index in [1.54, 1.807) is 11.3 Å². The monoisotopic (exact) mass is 296 g/mol. The molecule has 0 atom stereocenters. The number of fused-ring (bicyclic) bond motifs is 2. The van der Waals surface area contributed by atoms with Gasteiger partial charge in [-0.1, -0.05) is 36.3 Å². The van der Waals surface area contributed by atoms with Crippen LogP contribution < -0.4 is 0 Å². The van der Waals surface area contributed by atoms with Crippen molar-refractivity contribution in [3.05, 3.63) is 57.7 Å². The Labute approximate surface area is 125 Å². The SMILES string of the molecule is CCc1noc(-c2cc3c(s2)Cc2ccccc2C3=O)n1. The summed E-state index contributed by atoms with van der Waals surface area (Å²) in [6.07, 6.45) is 1.52. The molecular formula is C16H12N2O2S. The van der Waals surface area contributed by atoms with E-state index in [1.165, 1.54) is 0 Å². The Morgan fingerprint density at radius 1 is 1.29 bits per heavy atom. The van der Waals surface area contributed by atoms with E-state index in [9.17, 15) is 4.79 Å². The highest BCUT2D eigenvalue weighted by Crippen LogP contribution is 2.37. The minimum absolute atomic E-state index is 0.0876. The van der Waals surface area contributed by atoms with Gasteiger partial charge in [0.25, 0.3) is 5.89 Å². The van der Waals surface area contributed by atoms with Crippen LogP contribution >= 0.6 is 11.3 Å². The quantitative estimate of drug-likeness (QED) is 0.568. The van der Waals surface area contributed by atoms with Crippen LogP contribution in [0.2, 0.25) is 0 Å². The average Bonchev–Trinajstić information content (AvgIpc) is 3.13. The van der Waals surface area contributed by atoms with E-state index in [-0.39, 0.29) is 5.78 Å². The maximum atomic E-state index is 12.6. The van der Waals surface area contributed by atoms with E-state index in [2.05, 4.69) is 10.1 Å². The molecule has 0 saturated carbocycles. The fourth-order valence-corrected chi connectivity index (χ4v) is 3.67. The lowest BCUT2D eigenvalue weighted by atomic mass is 9.90. The van der Waals surface area contributed by atoms with Crippen LogP contribution in [0.5, 0.6) is 0 Å². The van der Waals surface area contributed by atoms with Gasteiger partial charge in [0.15, 0.2) is 11.6 Å². The highest BCUT2D eigenvalue weighted by Gasteiger charge is 2.26. The van der Waals surface area contributed by atoms with E-state index < -0.39 is 0 Å². The Kier molecular flexibility index (Phi) is 2.75. The van der Waals surface area contributed by atoms with E-state index in [0.717, 1.165) is 39.3 Å². The number of carbonyl (C=O) groups is 1. The van der Waals surface area contributed by atoms with Crippen molar-refractivity contribution in [2.75, 3.05) is 0 Å². The molecule has 4 rings (SSSR count). The molecule has 0 saturated heterocycles. The number of ketones is 1. The number of nitrogens with zero attached hydrogens (tertiary/aromatic N) is 2. The first-order valence-corrected chi connectivity index (χ1v) is 7.66. The number of hydrogen-bond donors (Lipinski definition) is 0. The summed E-state index contributed by atoms with van der Waals surface area (Å²) < 4.78 is 5.27. The molecule has 1 aromatic carbocycles. The van der Waals surface area contributed by atoms with E-state index in [1.807, 2.05) is 37.3 Å². The number of thiophene rings is 1. The summed E-state index contributed by atoms with van der Waals surface area (Å²) in [4.78, 5) is 18.8. The normalized spacial score (nSPS) is 13.1. The number of benzene rings is 1. The van der Waals surface area contributed by atoms with Gasteiger partial charge >= 0.3 is 0 Å². The van der Waals surface area contributed by atoms with Gasteiger partial charge in [0.05, 0.1) is 4.88 Å². The molecule has 104 valence electrons. The van der Waals surface area contributed by atoms with Crippen LogP contribution in [0, 0.1) is 0 Å². The fourth-order valence-electron chi connectivity index (χ4n) is 2.57. The molecule has 0 fully saturated rings.